The molecule has 1 aliphatic carbocycles. The summed E-state index contributed by atoms with van der Waals surface area (Å²) in [6.07, 6.45) is 2.96. The van der Waals surface area contributed by atoms with Gasteiger partial charge >= 0.3 is 0 Å². The molecule has 1 aromatic carbocycles. The number of benzene rings is 1. The minimum atomic E-state index is -0.316. The lowest BCUT2D eigenvalue weighted by Crippen LogP contribution is -2.28. The van der Waals surface area contributed by atoms with Crippen molar-refractivity contribution < 1.29 is 23.1 Å². The normalized spacial score (nSPS) is 21.7. The van der Waals surface area contributed by atoms with E-state index in [0.717, 1.165) is 17.7 Å². The minimum absolute atomic E-state index is 0.0194. The second-order valence-corrected chi connectivity index (χ2v) is 6.17. The summed E-state index contributed by atoms with van der Waals surface area (Å²) in [5.41, 5.74) is 1.47. The lowest BCUT2D eigenvalue weighted by molar-refractivity contribution is -0.122. The first kappa shape index (κ1) is 15.2. The van der Waals surface area contributed by atoms with Crippen molar-refractivity contribution in [2.75, 3.05) is 13.3 Å². The van der Waals surface area contributed by atoms with E-state index in [2.05, 4.69) is 5.32 Å². The number of nitrogens with one attached hydrogen (secondary N) is 1. The topological polar surface area (TPSA) is 60.7 Å². The van der Waals surface area contributed by atoms with Gasteiger partial charge in [-0.3, -0.25) is 4.79 Å². The van der Waals surface area contributed by atoms with Crippen LogP contribution in [-0.4, -0.2) is 19.2 Å². The van der Waals surface area contributed by atoms with Gasteiger partial charge in [0.1, 0.15) is 17.3 Å². The number of amides is 1. The van der Waals surface area contributed by atoms with Crippen molar-refractivity contribution in [1.29, 1.82) is 0 Å². The van der Waals surface area contributed by atoms with Gasteiger partial charge in [-0.25, -0.2) is 4.39 Å². The number of carbonyl (C=O) groups is 1. The van der Waals surface area contributed by atoms with E-state index in [1.165, 1.54) is 12.1 Å². The van der Waals surface area contributed by atoms with Crippen molar-refractivity contribution in [3.63, 3.8) is 0 Å². The van der Waals surface area contributed by atoms with Gasteiger partial charge in [0.25, 0.3) is 0 Å². The summed E-state index contributed by atoms with van der Waals surface area (Å²) < 4.78 is 29.7. The van der Waals surface area contributed by atoms with Crippen LogP contribution in [0.25, 0.3) is 0 Å². The molecule has 4 rings (SSSR count). The molecule has 1 aromatic heterocycles. The number of halogens is 1. The Bertz CT molecular complexity index is 744. The van der Waals surface area contributed by atoms with E-state index in [1.807, 2.05) is 12.1 Å². The Morgan fingerprint density at radius 1 is 1.38 bits per heavy atom. The molecule has 2 aliphatic rings. The van der Waals surface area contributed by atoms with Gasteiger partial charge in [-0.1, -0.05) is 0 Å². The zero-order valence-electron chi connectivity index (χ0n) is 13.1. The lowest BCUT2D eigenvalue weighted by Gasteiger charge is -2.21. The highest BCUT2D eigenvalue weighted by Gasteiger charge is 2.45. The number of rotatable bonds is 5. The molecular formula is C18H18FNO4. The van der Waals surface area contributed by atoms with E-state index in [4.69, 9.17) is 13.9 Å². The molecule has 1 fully saturated rings. The minimum Gasteiger partial charge on any atom is -0.469 e. The number of fused-ring (bicyclic) bond motifs is 1. The van der Waals surface area contributed by atoms with Gasteiger partial charge in [0.15, 0.2) is 6.79 Å². The molecule has 1 amide bonds. The molecule has 2 heterocycles. The molecule has 0 spiro atoms. The molecule has 6 heteroatoms. The smallest absolute Gasteiger partial charge is 0.223 e. The molecule has 0 radical (unpaired) electrons. The Kier molecular flexibility index (Phi) is 3.98. The molecule has 1 aliphatic heterocycles. The number of furan rings is 1. The first-order valence-corrected chi connectivity index (χ1v) is 8.05. The predicted molar refractivity (Wildman–Crippen MR) is 83.0 cm³/mol. The summed E-state index contributed by atoms with van der Waals surface area (Å²) in [7, 11) is 0. The van der Waals surface area contributed by atoms with E-state index in [-0.39, 0.29) is 30.4 Å². The number of carbonyl (C=O) groups excluding carboxylic acids is 1. The van der Waals surface area contributed by atoms with Crippen molar-refractivity contribution in [3.05, 3.63) is 53.2 Å². The molecule has 126 valence electrons. The van der Waals surface area contributed by atoms with Crippen molar-refractivity contribution in [3.8, 4) is 5.75 Å². The number of ether oxygens (including phenoxy) is 2. The maximum Gasteiger partial charge on any atom is 0.223 e. The molecule has 0 saturated heterocycles. The summed E-state index contributed by atoms with van der Waals surface area (Å²) in [5.74, 6) is 1.40. The van der Waals surface area contributed by atoms with Gasteiger partial charge < -0.3 is 19.2 Å². The Morgan fingerprint density at radius 3 is 3.12 bits per heavy atom. The molecule has 24 heavy (non-hydrogen) atoms. The van der Waals surface area contributed by atoms with Crippen LogP contribution in [-0.2, 0) is 22.6 Å². The number of hydrogen-bond acceptors (Lipinski definition) is 4. The lowest BCUT2D eigenvalue weighted by atomic mass is 10.1. The summed E-state index contributed by atoms with van der Waals surface area (Å²) in [6, 6.07) is 6.61. The van der Waals surface area contributed by atoms with Crippen LogP contribution in [0.15, 0.2) is 34.9 Å². The van der Waals surface area contributed by atoms with Crippen molar-refractivity contribution in [1.82, 2.24) is 5.32 Å². The molecule has 2 atom stereocenters. The van der Waals surface area contributed by atoms with Crippen molar-refractivity contribution in [2.45, 2.75) is 25.4 Å². The van der Waals surface area contributed by atoms with Gasteiger partial charge in [-0.15, -0.1) is 0 Å². The maximum atomic E-state index is 13.7. The Hall–Kier alpha value is -2.34. The predicted octanol–water partition coefficient (Wildman–Crippen LogP) is 2.75. The van der Waals surface area contributed by atoms with Crippen LogP contribution < -0.4 is 10.1 Å². The van der Waals surface area contributed by atoms with E-state index in [1.54, 1.807) is 6.26 Å². The van der Waals surface area contributed by atoms with Gasteiger partial charge in [-0.05, 0) is 42.7 Å². The van der Waals surface area contributed by atoms with E-state index >= 15 is 0 Å². The molecule has 0 bridgehead atoms. The van der Waals surface area contributed by atoms with Crippen LogP contribution in [0.4, 0.5) is 4.39 Å². The zero-order valence-corrected chi connectivity index (χ0v) is 13.1. The Labute approximate surface area is 138 Å². The first-order valence-electron chi connectivity index (χ1n) is 8.05. The fourth-order valence-electron chi connectivity index (χ4n) is 3.20. The van der Waals surface area contributed by atoms with Crippen LogP contribution in [0, 0.1) is 11.7 Å². The van der Waals surface area contributed by atoms with Crippen LogP contribution in [0.2, 0.25) is 0 Å². The first-order chi connectivity index (χ1) is 11.7. The third-order valence-corrected chi connectivity index (χ3v) is 4.48. The average molecular weight is 331 g/mol. The standard InChI is InChI=1S/C18H18FNO4/c19-13-6-11(17-12(7-13)9-22-10-24-17)3-4-20-18(21)15-8-14(15)16-2-1-5-23-16/h1-2,5-7,14-15H,3-4,8-10H2,(H,20,21)/t14-,15-/m1/s1. The second-order valence-electron chi connectivity index (χ2n) is 6.17. The fraction of sp³-hybridized carbons (Fsp3) is 0.389. The quantitative estimate of drug-likeness (QED) is 0.915. The summed E-state index contributed by atoms with van der Waals surface area (Å²) in [4.78, 5) is 12.2. The molecule has 2 aromatic rings. The van der Waals surface area contributed by atoms with Crippen LogP contribution in [0.3, 0.4) is 0 Å². The highest BCUT2D eigenvalue weighted by atomic mass is 19.1. The maximum absolute atomic E-state index is 13.7. The zero-order chi connectivity index (χ0) is 16.5. The third kappa shape index (κ3) is 3.01. The van der Waals surface area contributed by atoms with Crippen molar-refractivity contribution in [2.24, 2.45) is 5.92 Å². The average Bonchev–Trinajstić information content (AvgIpc) is 3.20. The van der Waals surface area contributed by atoms with Gasteiger partial charge in [-0.2, -0.15) is 0 Å². The van der Waals surface area contributed by atoms with Crippen LogP contribution in [0.1, 0.15) is 29.2 Å². The molecule has 0 unspecified atom stereocenters. The van der Waals surface area contributed by atoms with Crippen LogP contribution >= 0.6 is 0 Å². The molecule has 5 nitrogen and oxygen atoms in total. The number of hydrogen-bond donors (Lipinski definition) is 1. The monoisotopic (exact) mass is 331 g/mol. The summed E-state index contributed by atoms with van der Waals surface area (Å²) in [5, 5.41) is 2.92. The summed E-state index contributed by atoms with van der Waals surface area (Å²) in [6.45, 7) is 0.963. The summed E-state index contributed by atoms with van der Waals surface area (Å²) >= 11 is 0. The van der Waals surface area contributed by atoms with E-state index in [9.17, 15) is 9.18 Å². The second kappa shape index (κ2) is 6.28. The van der Waals surface area contributed by atoms with E-state index in [0.29, 0.717) is 30.9 Å². The van der Waals surface area contributed by atoms with Crippen molar-refractivity contribution >= 4 is 5.91 Å². The van der Waals surface area contributed by atoms with Gasteiger partial charge in [0.2, 0.25) is 5.91 Å². The third-order valence-electron chi connectivity index (χ3n) is 4.48. The Morgan fingerprint density at radius 2 is 2.29 bits per heavy atom. The molecular weight excluding hydrogens is 313 g/mol. The largest absolute Gasteiger partial charge is 0.469 e. The van der Waals surface area contributed by atoms with Gasteiger partial charge in [0.05, 0.1) is 12.9 Å². The Balaban J connectivity index is 1.33. The fourth-order valence-corrected chi connectivity index (χ4v) is 3.20. The highest BCUT2D eigenvalue weighted by Crippen LogP contribution is 2.47. The van der Waals surface area contributed by atoms with E-state index < -0.39 is 0 Å². The highest BCUT2D eigenvalue weighted by molar-refractivity contribution is 5.82. The molecule has 1 saturated carbocycles. The van der Waals surface area contributed by atoms with Crippen LogP contribution in [0.5, 0.6) is 5.75 Å². The molecule has 1 N–H and O–H groups in total. The SMILES string of the molecule is O=C(NCCc1cc(F)cc2c1OCOC2)[C@@H]1C[C@H]1c1ccco1. The van der Waals surface area contributed by atoms with Gasteiger partial charge in [0, 0.05) is 23.9 Å².